The lowest BCUT2D eigenvalue weighted by atomic mass is 10.1. The van der Waals surface area contributed by atoms with Crippen molar-refractivity contribution < 1.29 is 9.66 Å². The Kier molecular flexibility index (Phi) is 4.85. The Morgan fingerprint density at radius 1 is 1.29 bits per heavy atom. The van der Waals surface area contributed by atoms with Crippen LogP contribution in [0, 0.1) is 10.1 Å². The Balaban J connectivity index is 1.53. The van der Waals surface area contributed by atoms with Crippen LogP contribution < -0.4 is 10.6 Å². The number of piperidine rings is 1. The Morgan fingerprint density at radius 2 is 2.00 bits per heavy atom. The van der Waals surface area contributed by atoms with Gasteiger partial charge in [0.1, 0.15) is 6.20 Å². The Bertz CT molecular complexity index is 702. The summed E-state index contributed by atoms with van der Waals surface area (Å²) in [5, 5.41) is 10.8. The number of nitro groups is 1. The van der Waals surface area contributed by atoms with Gasteiger partial charge in [-0.3, -0.25) is 10.1 Å². The van der Waals surface area contributed by atoms with E-state index in [1.807, 2.05) is 35.2 Å². The summed E-state index contributed by atoms with van der Waals surface area (Å²) in [6.07, 6.45) is 3.06. The lowest BCUT2D eigenvalue weighted by Gasteiger charge is -2.31. The highest BCUT2D eigenvalue weighted by Crippen LogP contribution is 2.23. The van der Waals surface area contributed by atoms with Crippen molar-refractivity contribution in [2.75, 3.05) is 23.7 Å². The molecule has 2 aromatic rings. The zero-order valence-electron chi connectivity index (χ0n) is 13.2. The summed E-state index contributed by atoms with van der Waals surface area (Å²) in [6.45, 7) is 2.07. The van der Waals surface area contributed by atoms with Crippen LogP contribution in [-0.4, -0.2) is 34.1 Å². The first kappa shape index (κ1) is 16.1. The predicted molar refractivity (Wildman–Crippen MR) is 89.6 cm³/mol. The molecule has 0 atom stereocenters. The molecule has 0 unspecified atom stereocenters. The maximum atomic E-state index is 10.8. The molecule has 1 saturated heterocycles. The van der Waals surface area contributed by atoms with Crippen LogP contribution in [0.3, 0.4) is 0 Å². The SMILES string of the molecule is Nc1nc(N2CCC(OCc3ccccc3)CC2)ncc1[N+](=O)[O-]. The van der Waals surface area contributed by atoms with E-state index in [4.69, 9.17) is 10.5 Å². The molecule has 8 heteroatoms. The van der Waals surface area contributed by atoms with Gasteiger partial charge in [-0.15, -0.1) is 0 Å². The molecule has 0 spiro atoms. The van der Waals surface area contributed by atoms with Crippen molar-refractivity contribution in [2.24, 2.45) is 0 Å². The van der Waals surface area contributed by atoms with Gasteiger partial charge < -0.3 is 15.4 Å². The van der Waals surface area contributed by atoms with E-state index in [0.29, 0.717) is 12.6 Å². The summed E-state index contributed by atoms with van der Waals surface area (Å²) in [5.74, 6) is 0.326. The summed E-state index contributed by atoms with van der Waals surface area (Å²) in [6, 6.07) is 10.1. The number of hydrogen-bond donors (Lipinski definition) is 1. The molecule has 1 aliphatic rings. The molecule has 0 bridgehead atoms. The zero-order valence-corrected chi connectivity index (χ0v) is 13.2. The number of hydrogen-bond acceptors (Lipinski definition) is 7. The molecule has 1 aliphatic heterocycles. The van der Waals surface area contributed by atoms with Gasteiger partial charge in [-0.2, -0.15) is 4.98 Å². The molecular formula is C16H19N5O3. The lowest BCUT2D eigenvalue weighted by Crippen LogP contribution is -2.38. The third-order valence-corrected chi connectivity index (χ3v) is 4.04. The summed E-state index contributed by atoms with van der Waals surface area (Å²) >= 11 is 0. The van der Waals surface area contributed by atoms with E-state index >= 15 is 0 Å². The van der Waals surface area contributed by atoms with E-state index in [9.17, 15) is 10.1 Å². The molecular weight excluding hydrogens is 310 g/mol. The number of ether oxygens (including phenoxy) is 1. The molecule has 1 aromatic heterocycles. The van der Waals surface area contributed by atoms with Gasteiger partial charge in [0.05, 0.1) is 17.6 Å². The van der Waals surface area contributed by atoms with Crippen molar-refractivity contribution in [1.82, 2.24) is 9.97 Å². The summed E-state index contributed by atoms with van der Waals surface area (Å²) in [4.78, 5) is 20.3. The van der Waals surface area contributed by atoms with Crippen LogP contribution in [0.25, 0.3) is 0 Å². The highest BCUT2D eigenvalue weighted by Gasteiger charge is 2.23. The number of benzene rings is 1. The van der Waals surface area contributed by atoms with Crippen LogP contribution in [0.5, 0.6) is 0 Å². The quantitative estimate of drug-likeness (QED) is 0.661. The molecule has 0 amide bonds. The summed E-state index contributed by atoms with van der Waals surface area (Å²) in [7, 11) is 0. The van der Waals surface area contributed by atoms with E-state index in [0.717, 1.165) is 37.7 Å². The number of nitrogens with two attached hydrogens (primary N) is 1. The van der Waals surface area contributed by atoms with Gasteiger partial charge in [-0.1, -0.05) is 30.3 Å². The number of rotatable bonds is 5. The highest BCUT2D eigenvalue weighted by molar-refractivity contribution is 5.53. The highest BCUT2D eigenvalue weighted by atomic mass is 16.6. The minimum absolute atomic E-state index is 0.104. The van der Waals surface area contributed by atoms with Crippen molar-refractivity contribution >= 4 is 17.5 Å². The molecule has 0 radical (unpaired) electrons. The smallest absolute Gasteiger partial charge is 0.329 e. The average Bonchev–Trinajstić information content (AvgIpc) is 2.61. The second-order valence-electron chi connectivity index (χ2n) is 5.68. The van der Waals surface area contributed by atoms with Gasteiger partial charge >= 0.3 is 5.69 Å². The average molecular weight is 329 g/mol. The number of nitrogens with zero attached hydrogens (tertiary/aromatic N) is 4. The first-order valence-electron chi connectivity index (χ1n) is 7.81. The minimum atomic E-state index is -0.581. The monoisotopic (exact) mass is 329 g/mol. The maximum absolute atomic E-state index is 10.8. The fraction of sp³-hybridized carbons (Fsp3) is 0.375. The molecule has 2 heterocycles. The molecule has 1 fully saturated rings. The fourth-order valence-corrected chi connectivity index (χ4v) is 2.68. The summed E-state index contributed by atoms with van der Waals surface area (Å²) < 4.78 is 5.95. The van der Waals surface area contributed by atoms with Gasteiger partial charge in [0.15, 0.2) is 0 Å². The van der Waals surface area contributed by atoms with Crippen molar-refractivity contribution in [2.45, 2.75) is 25.6 Å². The first-order chi connectivity index (χ1) is 11.6. The minimum Gasteiger partial charge on any atom is -0.378 e. The summed E-state index contributed by atoms with van der Waals surface area (Å²) in [5.41, 5.74) is 6.52. The van der Waals surface area contributed by atoms with E-state index in [-0.39, 0.29) is 17.6 Å². The molecule has 3 rings (SSSR count). The van der Waals surface area contributed by atoms with Gasteiger partial charge in [-0.25, -0.2) is 4.98 Å². The Hall–Kier alpha value is -2.74. The molecule has 126 valence electrons. The van der Waals surface area contributed by atoms with Crippen molar-refractivity contribution in [3.05, 3.63) is 52.2 Å². The van der Waals surface area contributed by atoms with Crippen LogP contribution in [-0.2, 0) is 11.3 Å². The first-order valence-corrected chi connectivity index (χ1v) is 7.81. The van der Waals surface area contributed by atoms with E-state index in [1.54, 1.807) is 0 Å². The molecule has 8 nitrogen and oxygen atoms in total. The van der Waals surface area contributed by atoms with Gasteiger partial charge in [0.25, 0.3) is 0 Å². The van der Waals surface area contributed by atoms with Crippen LogP contribution in [0.1, 0.15) is 18.4 Å². The molecule has 0 aliphatic carbocycles. The third kappa shape index (κ3) is 3.77. The van der Waals surface area contributed by atoms with Crippen LogP contribution in [0.2, 0.25) is 0 Å². The lowest BCUT2D eigenvalue weighted by molar-refractivity contribution is -0.384. The van der Waals surface area contributed by atoms with Crippen LogP contribution in [0.15, 0.2) is 36.5 Å². The molecule has 1 aromatic carbocycles. The number of nitrogen functional groups attached to an aromatic ring is 1. The van der Waals surface area contributed by atoms with E-state index < -0.39 is 4.92 Å². The van der Waals surface area contributed by atoms with Crippen LogP contribution >= 0.6 is 0 Å². The largest absolute Gasteiger partial charge is 0.378 e. The van der Waals surface area contributed by atoms with Crippen molar-refractivity contribution in [3.63, 3.8) is 0 Å². The van der Waals surface area contributed by atoms with E-state index in [2.05, 4.69) is 9.97 Å². The number of aromatic nitrogens is 2. The third-order valence-electron chi connectivity index (χ3n) is 4.04. The Labute approximate surface area is 139 Å². The fourth-order valence-electron chi connectivity index (χ4n) is 2.68. The molecule has 0 saturated carbocycles. The zero-order chi connectivity index (χ0) is 16.9. The van der Waals surface area contributed by atoms with E-state index in [1.165, 1.54) is 0 Å². The van der Waals surface area contributed by atoms with Crippen molar-refractivity contribution in [1.29, 1.82) is 0 Å². The van der Waals surface area contributed by atoms with Gasteiger partial charge in [0, 0.05) is 13.1 Å². The number of anilines is 2. The Morgan fingerprint density at radius 3 is 2.62 bits per heavy atom. The second-order valence-corrected chi connectivity index (χ2v) is 5.68. The topological polar surface area (TPSA) is 107 Å². The predicted octanol–water partition coefficient (Wildman–Crippen LogP) is 2.15. The van der Waals surface area contributed by atoms with Crippen LogP contribution in [0.4, 0.5) is 17.5 Å². The molecule has 2 N–H and O–H groups in total. The molecule has 24 heavy (non-hydrogen) atoms. The van der Waals surface area contributed by atoms with Crippen molar-refractivity contribution in [3.8, 4) is 0 Å². The normalized spacial score (nSPS) is 15.4. The second kappa shape index (κ2) is 7.22. The maximum Gasteiger partial charge on any atom is 0.329 e. The van der Waals surface area contributed by atoms with Gasteiger partial charge in [-0.05, 0) is 18.4 Å². The standard InChI is InChI=1S/C16H19N5O3/c17-15-14(21(22)23)10-18-16(19-15)20-8-6-13(7-9-20)24-11-12-4-2-1-3-5-12/h1-5,10,13H,6-9,11H2,(H2,17,18,19). The van der Waals surface area contributed by atoms with Gasteiger partial charge in [0.2, 0.25) is 11.8 Å².